The first-order valence-electron chi connectivity index (χ1n) is 8.95. The van der Waals surface area contributed by atoms with Gasteiger partial charge in [-0.1, -0.05) is 32.0 Å². The number of hydrogen-bond acceptors (Lipinski definition) is 3. The molecule has 0 saturated heterocycles. The Morgan fingerprint density at radius 2 is 1.75 bits per heavy atom. The van der Waals surface area contributed by atoms with Crippen LogP contribution in [-0.4, -0.2) is 39.3 Å². The lowest BCUT2D eigenvalue weighted by Gasteiger charge is -2.26. The maximum atomic E-state index is 14.1. The number of halogens is 1. The highest BCUT2D eigenvalue weighted by atomic mass is 32.2. The Hall–Kier alpha value is -2.25. The monoisotopic (exact) mass is 406 g/mol. The molecule has 0 unspecified atom stereocenters. The molecule has 0 radical (unpaired) electrons. The van der Waals surface area contributed by atoms with Gasteiger partial charge in [0.2, 0.25) is 10.0 Å². The van der Waals surface area contributed by atoms with Crippen molar-refractivity contribution in [1.82, 2.24) is 9.62 Å². The van der Waals surface area contributed by atoms with Crippen molar-refractivity contribution in [3.63, 3.8) is 0 Å². The lowest BCUT2D eigenvalue weighted by Crippen LogP contribution is -2.37. The van der Waals surface area contributed by atoms with Crippen LogP contribution in [0.5, 0.6) is 0 Å². The van der Waals surface area contributed by atoms with Crippen molar-refractivity contribution < 1.29 is 17.6 Å². The summed E-state index contributed by atoms with van der Waals surface area (Å²) in [4.78, 5) is 12.8. The van der Waals surface area contributed by atoms with Gasteiger partial charge >= 0.3 is 0 Å². The second-order valence-electron chi connectivity index (χ2n) is 7.75. The van der Waals surface area contributed by atoms with Crippen molar-refractivity contribution in [2.45, 2.75) is 38.0 Å². The van der Waals surface area contributed by atoms with Crippen LogP contribution < -0.4 is 5.32 Å². The van der Waals surface area contributed by atoms with Crippen LogP contribution in [-0.2, 0) is 15.4 Å². The molecule has 5 nitrogen and oxygen atoms in total. The molecule has 2 aromatic rings. The third-order valence-corrected chi connectivity index (χ3v) is 6.88. The molecule has 0 heterocycles. The number of amides is 1. The van der Waals surface area contributed by atoms with Crippen molar-refractivity contribution in [2.75, 3.05) is 20.6 Å². The predicted molar refractivity (Wildman–Crippen MR) is 109 cm³/mol. The molecule has 2 rings (SSSR count). The topological polar surface area (TPSA) is 66.5 Å². The summed E-state index contributed by atoms with van der Waals surface area (Å²) in [5.41, 5.74) is 1.46. The highest BCUT2D eigenvalue weighted by molar-refractivity contribution is 7.89. The van der Waals surface area contributed by atoms with Gasteiger partial charge in [0, 0.05) is 31.6 Å². The van der Waals surface area contributed by atoms with E-state index in [0.717, 1.165) is 4.31 Å². The fraction of sp³-hybridized carbons (Fsp3) is 0.381. The SMILES string of the molecule is Cc1cc(C(=O)NCC(C)(C)c2ccccc2F)cc(S(=O)(=O)N(C)C)c1C. The third kappa shape index (κ3) is 4.42. The molecule has 0 aromatic heterocycles. The third-order valence-electron chi connectivity index (χ3n) is 4.93. The molecule has 1 N–H and O–H groups in total. The first kappa shape index (κ1) is 22.0. The van der Waals surface area contributed by atoms with E-state index in [4.69, 9.17) is 0 Å². The first-order valence-corrected chi connectivity index (χ1v) is 10.4. The summed E-state index contributed by atoms with van der Waals surface area (Å²) in [6, 6.07) is 9.51. The summed E-state index contributed by atoms with van der Waals surface area (Å²) in [5, 5.41) is 2.81. The van der Waals surface area contributed by atoms with E-state index in [1.54, 1.807) is 38.1 Å². The van der Waals surface area contributed by atoms with Crippen LogP contribution in [0.4, 0.5) is 4.39 Å². The average molecular weight is 407 g/mol. The zero-order valence-corrected chi connectivity index (χ0v) is 17.9. The van der Waals surface area contributed by atoms with E-state index in [0.29, 0.717) is 16.7 Å². The molecule has 0 aliphatic rings. The van der Waals surface area contributed by atoms with Crippen molar-refractivity contribution in [1.29, 1.82) is 0 Å². The molecule has 28 heavy (non-hydrogen) atoms. The van der Waals surface area contributed by atoms with Gasteiger partial charge in [-0.15, -0.1) is 0 Å². The standard InChI is InChI=1S/C21H27FN2O3S/c1-14-11-16(12-19(15(14)2)28(26,27)24(5)6)20(25)23-13-21(3,4)17-9-7-8-10-18(17)22/h7-12H,13H2,1-6H3,(H,23,25). The zero-order chi connectivity index (χ0) is 21.3. The number of hydrogen-bond donors (Lipinski definition) is 1. The van der Waals surface area contributed by atoms with E-state index in [-0.39, 0.29) is 22.8 Å². The van der Waals surface area contributed by atoms with Gasteiger partial charge in [-0.2, -0.15) is 0 Å². The summed E-state index contributed by atoms with van der Waals surface area (Å²) in [5.74, 6) is -0.727. The number of sulfonamides is 1. The summed E-state index contributed by atoms with van der Waals surface area (Å²) in [6.45, 7) is 7.37. The number of carbonyl (C=O) groups excluding carboxylic acids is 1. The molecule has 1 amide bonds. The minimum Gasteiger partial charge on any atom is -0.351 e. The van der Waals surface area contributed by atoms with Crippen molar-refractivity contribution >= 4 is 15.9 Å². The molecular weight excluding hydrogens is 379 g/mol. The van der Waals surface area contributed by atoms with Gasteiger partial charge in [-0.25, -0.2) is 17.1 Å². The minimum absolute atomic E-state index is 0.107. The number of carbonyl (C=O) groups is 1. The Kier molecular flexibility index (Phi) is 6.31. The molecule has 0 fully saturated rings. The van der Waals surface area contributed by atoms with Crippen molar-refractivity contribution in [3.05, 3.63) is 64.5 Å². The smallest absolute Gasteiger partial charge is 0.251 e. The molecule has 0 bridgehead atoms. The van der Waals surface area contributed by atoms with E-state index >= 15 is 0 Å². The average Bonchev–Trinajstić information content (AvgIpc) is 2.61. The Balaban J connectivity index is 2.30. The predicted octanol–water partition coefficient (Wildman–Crippen LogP) is 3.40. The Labute approximate surface area is 166 Å². The van der Waals surface area contributed by atoms with E-state index in [9.17, 15) is 17.6 Å². The molecule has 0 aliphatic heterocycles. The molecule has 0 aliphatic carbocycles. The van der Waals surface area contributed by atoms with Crippen molar-refractivity contribution in [2.24, 2.45) is 0 Å². The quantitative estimate of drug-likeness (QED) is 0.800. The second-order valence-corrected chi connectivity index (χ2v) is 9.87. The van der Waals surface area contributed by atoms with Gasteiger partial charge in [0.15, 0.2) is 0 Å². The summed E-state index contributed by atoms with van der Waals surface area (Å²) in [7, 11) is -0.770. The molecule has 152 valence electrons. The Bertz CT molecular complexity index is 999. The van der Waals surface area contributed by atoms with Gasteiger partial charge in [-0.3, -0.25) is 4.79 Å². The van der Waals surface area contributed by atoms with Gasteiger partial charge in [0.1, 0.15) is 5.82 Å². The fourth-order valence-electron chi connectivity index (χ4n) is 2.93. The lowest BCUT2D eigenvalue weighted by molar-refractivity contribution is 0.0945. The second kappa shape index (κ2) is 8.01. The minimum atomic E-state index is -3.67. The maximum Gasteiger partial charge on any atom is 0.251 e. The van der Waals surface area contributed by atoms with Gasteiger partial charge in [-0.05, 0) is 48.7 Å². The molecule has 0 spiro atoms. The summed E-state index contributed by atoms with van der Waals surface area (Å²) < 4.78 is 40.4. The molecule has 2 aromatic carbocycles. The highest BCUT2D eigenvalue weighted by Crippen LogP contribution is 2.26. The maximum absolute atomic E-state index is 14.1. The summed E-state index contributed by atoms with van der Waals surface area (Å²) in [6.07, 6.45) is 0. The van der Waals surface area contributed by atoms with Gasteiger partial charge in [0.05, 0.1) is 4.90 Å². The van der Waals surface area contributed by atoms with E-state index in [1.165, 1.54) is 26.2 Å². The number of rotatable bonds is 6. The molecular formula is C21H27FN2O3S. The number of benzene rings is 2. The van der Waals surface area contributed by atoms with E-state index < -0.39 is 21.3 Å². The van der Waals surface area contributed by atoms with Crippen molar-refractivity contribution in [3.8, 4) is 0 Å². The van der Waals surface area contributed by atoms with Crippen LogP contribution in [0.15, 0.2) is 41.3 Å². The number of nitrogens with zero attached hydrogens (tertiary/aromatic N) is 1. The normalized spacial score (nSPS) is 12.3. The van der Waals surface area contributed by atoms with E-state index in [2.05, 4.69) is 5.32 Å². The molecule has 7 heteroatoms. The van der Waals surface area contributed by atoms with Crippen LogP contribution in [0.2, 0.25) is 0 Å². The van der Waals surface area contributed by atoms with Gasteiger partial charge in [0.25, 0.3) is 5.91 Å². The zero-order valence-electron chi connectivity index (χ0n) is 17.1. The van der Waals surface area contributed by atoms with Crippen LogP contribution in [0.25, 0.3) is 0 Å². The largest absolute Gasteiger partial charge is 0.351 e. The molecule has 0 saturated carbocycles. The van der Waals surface area contributed by atoms with Gasteiger partial charge < -0.3 is 5.32 Å². The fourth-order valence-corrected chi connectivity index (χ4v) is 4.15. The van der Waals surface area contributed by atoms with Crippen LogP contribution in [0, 0.1) is 19.7 Å². The van der Waals surface area contributed by atoms with E-state index in [1.807, 2.05) is 13.8 Å². The summed E-state index contributed by atoms with van der Waals surface area (Å²) >= 11 is 0. The highest BCUT2D eigenvalue weighted by Gasteiger charge is 2.26. The Morgan fingerprint density at radius 3 is 2.32 bits per heavy atom. The lowest BCUT2D eigenvalue weighted by atomic mass is 9.84. The first-order chi connectivity index (χ1) is 12.9. The number of aryl methyl sites for hydroxylation is 1. The van der Waals surface area contributed by atoms with Crippen LogP contribution >= 0.6 is 0 Å². The van der Waals surface area contributed by atoms with Crippen LogP contribution in [0.1, 0.15) is 40.9 Å². The molecule has 0 atom stereocenters. The van der Waals surface area contributed by atoms with Crippen LogP contribution in [0.3, 0.4) is 0 Å². The number of nitrogens with one attached hydrogen (secondary N) is 1. The Morgan fingerprint density at radius 1 is 1.14 bits per heavy atom.